The van der Waals surface area contributed by atoms with Gasteiger partial charge in [0.05, 0.1) is 0 Å². The van der Waals surface area contributed by atoms with E-state index in [1.807, 2.05) is 6.92 Å². The van der Waals surface area contributed by atoms with Crippen LogP contribution in [0.25, 0.3) is 0 Å². The van der Waals surface area contributed by atoms with E-state index in [4.69, 9.17) is 0 Å². The third-order valence-corrected chi connectivity index (χ3v) is 2.19. The molecule has 1 unspecified atom stereocenters. The van der Waals surface area contributed by atoms with E-state index >= 15 is 0 Å². The van der Waals surface area contributed by atoms with Crippen LogP contribution >= 0.6 is 0 Å². The zero-order valence-corrected chi connectivity index (χ0v) is 9.14. The molecule has 1 rings (SSSR count). The van der Waals surface area contributed by atoms with Crippen LogP contribution in [0.3, 0.4) is 0 Å². The van der Waals surface area contributed by atoms with Gasteiger partial charge in [0.1, 0.15) is 0 Å². The molecule has 0 radical (unpaired) electrons. The van der Waals surface area contributed by atoms with Gasteiger partial charge in [0, 0.05) is 12.5 Å². The van der Waals surface area contributed by atoms with Crippen LogP contribution in [0.5, 0.6) is 0 Å². The van der Waals surface area contributed by atoms with Crippen molar-refractivity contribution in [2.45, 2.75) is 38.4 Å². The molecule has 1 heterocycles. The van der Waals surface area contributed by atoms with Gasteiger partial charge in [0.25, 0.3) is 5.82 Å². The molecule has 92 valence electrons. The SMILES string of the molecule is CCCC(Cc1nc(C(F)(F)F)no1)NC. The summed E-state index contributed by atoms with van der Waals surface area (Å²) in [5.74, 6) is -1.20. The smallest absolute Gasteiger partial charge is 0.339 e. The zero-order chi connectivity index (χ0) is 12.2. The van der Waals surface area contributed by atoms with Crippen LogP contribution in [0.2, 0.25) is 0 Å². The molecule has 0 spiro atoms. The molecule has 0 saturated heterocycles. The third kappa shape index (κ3) is 3.48. The van der Waals surface area contributed by atoms with Crippen molar-refractivity contribution >= 4 is 0 Å². The van der Waals surface area contributed by atoms with E-state index in [2.05, 4.69) is 20.0 Å². The fourth-order valence-corrected chi connectivity index (χ4v) is 1.36. The van der Waals surface area contributed by atoms with E-state index in [0.29, 0.717) is 6.42 Å². The predicted octanol–water partition coefficient (Wildman–Crippen LogP) is 2.02. The summed E-state index contributed by atoms with van der Waals surface area (Å²) in [4.78, 5) is 3.31. The minimum absolute atomic E-state index is 0.0140. The van der Waals surface area contributed by atoms with Crippen molar-refractivity contribution in [3.05, 3.63) is 11.7 Å². The van der Waals surface area contributed by atoms with E-state index in [9.17, 15) is 13.2 Å². The number of nitrogens with zero attached hydrogens (tertiary/aromatic N) is 2. The molecule has 1 aromatic heterocycles. The Hall–Kier alpha value is -1.11. The van der Waals surface area contributed by atoms with E-state index in [0.717, 1.165) is 12.8 Å². The van der Waals surface area contributed by atoms with Crippen molar-refractivity contribution in [1.82, 2.24) is 15.5 Å². The van der Waals surface area contributed by atoms with Gasteiger partial charge in [0.2, 0.25) is 5.89 Å². The molecule has 0 aliphatic carbocycles. The normalized spacial score (nSPS) is 14.1. The Labute approximate surface area is 91.2 Å². The standard InChI is InChI=1S/C9H14F3N3O/c1-3-4-6(13-2)5-7-14-8(15-16-7)9(10,11)12/h6,13H,3-5H2,1-2H3. The van der Waals surface area contributed by atoms with Gasteiger partial charge >= 0.3 is 6.18 Å². The molecule has 16 heavy (non-hydrogen) atoms. The molecular formula is C9H14F3N3O. The van der Waals surface area contributed by atoms with Gasteiger partial charge in [-0.2, -0.15) is 18.2 Å². The molecule has 4 nitrogen and oxygen atoms in total. The average molecular weight is 237 g/mol. The number of halogens is 3. The summed E-state index contributed by atoms with van der Waals surface area (Å²) in [6.45, 7) is 2.00. The van der Waals surface area contributed by atoms with Crippen molar-refractivity contribution < 1.29 is 17.7 Å². The quantitative estimate of drug-likeness (QED) is 0.851. The van der Waals surface area contributed by atoms with Gasteiger partial charge in [-0.15, -0.1) is 0 Å². The Bertz CT molecular complexity index is 324. The maximum Gasteiger partial charge on any atom is 0.455 e. The lowest BCUT2D eigenvalue weighted by Gasteiger charge is -2.11. The molecule has 0 saturated carbocycles. The largest absolute Gasteiger partial charge is 0.455 e. The van der Waals surface area contributed by atoms with E-state index in [1.54, 1.807) is 7.05 Å². The van der Waals surface area contributed by atoms with Crippen molar-refractivity contribution in [3.8, 4) is 0 Å². The second-order valence-corrected chi connectivity index (χ2v) is 3.49. The molecule has 0 fully saturated rings. The molecule has 1 atom stereocenters. The number of likely N-dealkylation sites (N-methyl/N-ethyl adjacent to an activating group) is 1. The van der Waals surface area contributed by atoms with Crippen molar-refractivity contribution in [3.63, 3.8) is 0 Å². The minimum Gasteiger partial charge on any atom is -0.339 e. The Morgan fingerprint density at radius 2 is 2.12 bits per heavy atom. The maximum atomic E-state index is 12.2. The summed E-state index contributed by atoms with van der Waals surface area (Å²) in [5, 5.41) is 5.89. The summed E-state index contributed by atoms with van der Waals surface area (Å²) in [6, 6.07) is 0.0616. The Kier molecular flexibility index (Phi) is 4.28. The molecule has 1 aromatic rings. The number of aromatic nitrogens is 2. The summed E-state index contributed by atoms with van der Waals surface area (Å²) >= 11 is 0. The first-order valence-corrected chi connectivity index (χ1v) is 5.04. The van der Waals surface area contributed by atoms with Gasteiger partial charge in [-0.25, -0.2) is 0 Å². The van der Waals surface area contributed by atoms with Gasteiger partial charge in [-0.05, 0) is 13.5 Å². The molecular weight excluding hydrogens is 223 g/mol. The highest BCUT2D eigenvalue weighted by molar-refractivity contribution is 4.92. The fraction of sp³-hybridized carbons (Fsp3) is 0.778. The first-order chi connectivity index (χ1) is 7.47. The molecule has 7 heteroatoms. The summed E-state index contributed by atoms with van der Waals surface area (Å²) < 4.78 is 41.1. The maximum absolute atomic E-state index is 12.2. The highest BCUT2D eigenvalue weighted by Crippen LogP contribution is 2.26. The van der Waals surface area contributed by atoms with Gasteiger partial charge in [-0.1, -0.05) is 18.5 Å². The molecule has 0 aliphatic rings. The monoisotopic (exact) mass is 237 g/mol. The van der Waals surface area contributed by atoms with Crippen LogP contribution in [-0.4, -0.2) is 23.2 Å². The van der Waals surface area contributed by atoms with Crippen LogP contribution in [0.1, 0.15) is 31.5 Å². The van der Waals surface area contributed by atoms with Crippen molar-refractivity contribution in [2.24, 2.45) is 0 Å². The zero-order valence-electron chi connectivity index (χ0n) is 9.14. The number of alkyl halides is 3. The lowest BCUT2D eigenvalue weighted by atomic mass is 10.1. The van der Waals surface area contributed by atoms with Crippen LogP contribution in [0.15, 0.2) is 4.52 Å². The Morgan fingerprint density at radius 3 is 2.56 bits per heavy atom. The van der Waals surface area contributed by atoms with E-state index < -0.39 is 12.0 Å². The second-order valence-electron chi connectivity index (χ2n) is 3.49. The fourth-order valence-electron chi connectivity index (χ4n) is 1.36. The Morgan fingerprint density at radius 1 is 1.44 bits per heavy atom. The first kappa shape index (κ1) is 13.0. The second kappa shape index (κ2) is 5.29. The molecule has 0 aromatic carbocycles. The van der Waals surface area contributed by atoms with Crippen LogP contribution in [-0.2, 0) is 12.6 Å². The van der Waals surface area contributed by atoms with Gasteiger partial charge < -0.3 is 9.84 Å². The lowest BCUT2D eigenvalue weighted by Crippen LogP contribution is -2.27. The van der Waals surface area contributed by atoms with Crippen molar-refractivity contribution in [2.75, 3.05) is 7.05 Å². The minimum atomic E-state index is -4.54. The van der Waals surface area contributed by atoms with Crippen molar-refractivity contribution in [1.29, 1.82) is 0 Å². The highest BCUT2D eigenvalue weighted by atomic mass is 19.4. The van der Waals surface area contributed by atoms with Gasteiger partial charge in [0.15, 0.2) is 0 Å². The first-order valence-electron chi connectivity index (χ1n) is 5.04. The molecule has 0 amide bonds. The van der Waals surface area contributed by atoms with Crippen LogP contribution in [0, 0.1) is 0 Å². The molecule has 0 bridgehead atoms. The summed E-state index contributed by atoms with van der Waals surface area (Å²) in [7, 11) is 1.75. The summed E-state index contributed by atoms with van der Waals surface area (Å²) in [5.41, 5.74) is 0. The topological polar surface area (TPSA) is 51.0 Å². The summed E-state index contributed by atoms with van der Waals surface area (Å²) in [6.07, 6.45) is -2.44. The van der Waals surface area contributed by atoms with E-state index in [-0.39, 0.29) is 11.9 Å². The highest BCUT2D eigenvalue weighted by Gasteiger charge is 2.37. The van der Waals surface area contributed by atoms with Gasteiger partial charge in [-0.3, -0.25) is 0 Å². The van der Waals surface area contributed by atoms with E-state index in [1.165, 1.54) is 0 Å². The third-order valence-electron chi connectivity index (χ3n) is 2.19. The lowest BCUT2D eigenvalue weighted by molar-refractivity contribution is -0.146. The Balaban J connectivity index is 2.64. The predicted molar refractivity (Wildman–Crippen MR) is 50.8 cm³/mol. The van der Waals surface area contributed by atoms with Crippen LogP contribution < -0.4 is 5.32 Å². The molecule has 1 N–H and O–H groups in total. The van der Waals surface area contributed by atoms with Crippen LogP contribution in [0.4, 0.5) is 13.2 Å². The number of hydrogen-bond donors (Lipinski definition) is 1. The average Bonchev–Trinajstić information content (AvgIpc) is 2.65. The number of hydrogen-bond acceptors (Lipinski definition) is 4. The molecule has 0 aliphatic heterocycles. The number of rotatable bonds is 5. The number of nitrogens with one attached hydrogen (secondary N) is 1.